The predicted molar refractivity (Wildman–Crippen MR) is 70.7 cm³/mol. The SMILES string of the molecule is CCC(CC)(Cn1nnnc1-c1ccnn1C)C(=O)O. The fraction of sp³-hybridized carbons (Fsp3) is 0.583. The molecule has 2 heterocycles. The molecule has 0 aliphatic heterocycles. The fourth-order valence-electron chi connectivity index (χ4n) is 2.22. The van der Waals surface area contributed by atoms with Crippen LogP contribution in [0.1, 0.15) is 26.7 Å². The zero-order valence-corrected chi connectivity index (χ0v) is 11.8. The Labute approximate surface area is 116 Å². The molecule has 0 saturated carbocycles. The normalized spacial score (nSPS) is 11.8. The van der Waals surface area contributed by atoms with Crippen LogP contribution in [0.4, 0.5) is 0 Å². The summed E-state index contributed by atoms with van der Waals surface area (Å²) in [6.07, 6.45) is 2.69. The Bertz CT molecular complexity index is 599. The minimum absolute atomic E-state index is 0.239. The molecule has 0 aliphatic carbocycles. The van der Waals surface area contributed by atoms with Crippen LogP contribution < -0.4 is 0 Å². The number of hydrogen-bond acceptors (Lipinski definition) is 5. The van der Waals surface area contributed by atoms with E-state index in [9.17, 15) is 9.90 Å². The smallest absolute Gasteiger partial charge is 0.311 e. The maximum absolute atomic E-state index is 11.6. The van der Waals surface area contributed by atoms with Crippen LogP contribution in [0.5, 0.6) is 0 Å². The molecule has 20 heavy (non-hydrogen) atoms. The van der Waals surface area contributed by atoms with Crippen molar-refractivity contribution in [1.82, 2.24) is 30.0 Å². The van der Waals surface area contributed by atoms with E-state index in [2.05, 4.69) is 20.6 Å². The Balaban J connectivity index is 2.38. The number of carbonyl (C=O) groups is 1. The Morgan fingerprint density at radius 2 is 2.10 bits per heavy atom. The van der Waals surface area contributed by atoms with Crippen LogP contribution in [0, 0.1) is 5.41 Å². The second kappa shape index (κ2) is 5.40. The van der Waals surface area contributed by atoms with Gasteiger partial charge in [0.05, 0.1) is 12.0 Å². The largest absolute Gasteiger partial charge is 0.481 e. The second-order valence-electron chi connectivity index (χ2n) is 4.79. The van der Waals surface area contributed by atoms with Gasteiger partial charge in [-0.1, -0.05) is 13.8 Å². The van der Waals surface area contributed by atoms with Gasteiger partial charge in [0.25, 0.3) is 0 Å². The topological polar surface area (TPSA) is 98.7 Å². The van der Waals surface area contributed by atoms with Crippen LogP contribution in [-0.2, 0) is 18.4 Å². The molecule has 8 heteroatoms. The monoisotopic (exact) mass is 278 g/mol. The number of tetrazole rings is 1. The van der Waals surface area contributed by atoms with Crippen molar-refractivity contribution < 1.29 is 9.90 Å². The molecule has 0 saturated heterocycles. The van der Waals surface area contributed by atoms with E-state index >= 15 is 0 Å². The lowest BCUT2D eigenvalue weighted by Gasteiger charge is -2.26. The number of rotatable bonds is 6. The zero-order chi connectivity index (χ0) is 14.8. The summed E-state index contributed by atoms with van der Waals surface area (Å²) in [5.41, 5.74) is -0.107. The first-order valence-electron chi connectivity index (χ1n) is 6.52. The van der Waals surface area contributed by atoms with Gasteiger partial charge in [0.2, 0.25) is 0 Å². The van der Waals surface area contributed by atoms with Crippen LogP contribution in [0.2, 0.25) is 0 Å². The minimum Gasteiger partial charge on any atom is -0.481 e. The highest BCUT2D eigenvalue weighted by molar-refractivity contribution is 5.74. The summed E-state index contributed by atoms with van der Waals surface area (Å²) in [6, 6.07) is 1.79. The van der Waals surface area contributed by atoms with Gasteiger partial charge >= 0.3 is 5.97 Å². The molecule has 1 N–H and O–H groups in total. The number of aryl methyl sites for hydroxylation is 1. The lowest BCUT2D eigenvalue weighted by atomic mass is 9.82. The highest BCUT2D eigenvalue weighted by Gasteiger charge is 2.36. The van der Waals surface area contributed by atoms with Crippen LogP contribution in [0.25, 0.3) is 11.5 Å². The molecule has 2 rings (SSSR count). The molecule has 0 fully saturated rings. The van der Waals surface area contributed by atoms with E-state index < -0.39 is 11.4 Å². The van der Waals surface area contributed by atoms with Gasteiger partial charge in [-0.05, 0) is 29.3 Å². The number of aromatic nitrogens is 6. The van der Waals surface area contributed by atoms with Gasteiger partial charge < -0.3 is 5.11 Å². The van der Waals surface area contributed by atoms with E-state index in [4.69, 9.17) is 0 Å². The molecule has 8 nitrogen and oxygen atoms in total. The lowest BCUT2D eigenvalue weighted by molar-refractivity contribution is -0.150. The highest BCUT2D eigenvalue weighted by atomic mass is 16.4. The summed E-state index contributed by atoms with van der Waals surface area (Å²) in [7, 11) is 1.79. The third kappa shape index (κ3) is 2.28. The molecule has 2 aromatic heterocycles. The van der Waals surface area contributed by atoms with Crippen molar-refractivity contribution in [3.05, 3.63) is 12.3 Å². The molecular weight excluding hydrogens is 260 g/mol. The molecule has 0 aromatic carbocycles. The summed E-state index contributed by atoms with van der Waals surface area (Å²) in [5, 5.41) is 25.1. The Kier molecular flexibility index (Phi) is 3.82. The van der Waals surface area contributed by atoms with Crippen molar-refractivity contribution in [3.63, 3.8) is 0 Å². The number of nitrogens with zero attached hydrogens (tertiary/aromatic N) is 6. The summed E-state index contributed by atoms with van der Waals surface area (Å²) < 4.78 is 3.20. The van der Waals surface area contributed by atoms with Gasteiger partial charge in [0.15, 0.2) is 5.82 Å². The van der Waals surface area contributed by atoms with Crippen LogP contribution >= 0.6 is 0 Å². The van der Waals surface area contributed by atoms with Crippen molar-refractivity contribution in [3.8, 4) is 11.5 Å². The standard InChI is InChI=1S/C12H18N6O2/c1-4-12(5-2,11(19)20)8-18-10(14-15-16-18)9-6-7-13-17(9)3/h6-7H,4-5,8H2,1-3H3,(H,19,20). The van der Waals surface area contributed by atoms with Crippen LogP contribution in [0.15, 0.2) is 12.3 Å². The molecule has 0 spiro atoms. The molecule has 0 unspecified atom stereocenters. The number of carboxylic acid groups (broad SMARTS) is 1. The first-order valence-corrected chi connectivity index (χ1v) is 6.52. The van der Waals surface area contributed by atoms with Crippen molar-refractivity contribution >= 4 is 5.97 Å². The van der Waals surface area contributed by atoms with Crippen LogP contribution in [-0.4, -0.2) is 41.1 Å². The van der Waals surface area contributed by atoms with Gasteiger partial charge in [-0.3, -0.25) is 9.48 Å². The van der Waals surface area contributed by atoms with E-state index in [0.717, 1.165) is 5.69 Å². The zero-order valence-electron chi connectivity index (χ0n) is 11.8. The summed E-state index contributed by atoms with van der Waals surface area (Å²) in [5.74, 6) is -0.300. The average Bonchev–Trinajstić information content (AvgIpc) is 3.04. The molecule has 0 atom stereocenters. The van der Waals surface area contributed by atoms with Crippen molar-refractivity contribution in [2.75, 3.05) is 0 Å². The molecule has 2 aromatic rings. The average molecular weight is 278 g/mol. The first-order chi connectivity index (χ1) is 9.54. The van der Waals surface area contributed by atoms with E-state index in [1.807, 2.05) is 13.8 Å². The summed E-state index contributed by atoms with van der Waals surface area (Å²) >= 11 is 0. The predicted octanol–water partition coefficient (Wildman–Crippen LogP) is 0.965. The van der Waals surface area contributed by atoms with Crippen molar-refractivity contribution in [1.29, 1.82) is 0 Å². The van der Waals surface area contributed by atoms with Crippen molar-refractivity contribution in [2.45, 2.75) is 33.2 Å². The van der Waals surface area contributed by atoms with E-state index in [-0.39, 0.29) is 6.54 Å². The molecular formula is C12H18N6O2. The lowest BCUT2D eigenvalue weighted by Crippen LogP contribution is -2.35. The van der Waals surface area contributed by atoms with Gasteiger partial charge in [-0.25, -0.2) is 4.68 Å². The Morgan fingerprint density at radius 3 is 2.60 bits per heavy atom. The Morgan fingerprint density at radius 1 is 1.40 bits per heavy atom. The quantitative estimate of drug-likeness (QED) is 0.845. The Hall–Kier alpha value is -2.25. The second-order valence-corrected chi connectivity index (χ2v) is 4.79. The van der Waals surface area contributed by atoms with Gasteiger partial charge in [-0.2, -0.15) is 5.10 Å². The summed E-state index contributed by atoms with van der Waals surface area (Å²) in [4.78, 5) is 11.6. The van der Waals surface area contributed by atoms with Crippen LogP contribution in [0.3, 0.4) is 0 Å². The molecule has 0 bridgehead atoms. The number of carboxylic acids is 1. The van der Waals surface area contributed by atoms with E-state index in [1.165, 1.54) is 4.68 Å². The highest BCUT2D eigenvalue weighted by Crippen LogP contribution is 2.30. The molecule has 0 radical (unpaired) electrons. The number of aliphatic carboxylic acids is 1. The maximum atomic E-state index is 11.6. The van der Waals surface area contributed by atoms with Crippen molar-refractivity contribution in [2.24, 2.45) is 12.5 Å². The summed E-state index contributed by atoms with van der Waals surface area (Å²) in [6.45, 7) is 3.97. The minimum atomic E-state index is -0.858. The maximum Gasteiger partial charge on any atom is 0.311 e. The first kappa shape index (κ1) is 14.2. The number of hydrogen-bond donors (Lipinski definition) is 1. The third-order valence-electron chi connectivity index (χ3n) is 3.84. The van der Waals surface area contributed by atoms with E-state index in [0.29, 0.717) is 18.7 Å². The molecule has 0 amide bonds. The third-order valence-corrected chi connectivity index (χ3v) is 3.84. The van der Waals surface area contributed by atoms with Gasteiger partial charge in [-0.15, -0.1) is 5.10 Å². The van der Waals surface area contributed by atoms with E-state index in [1.54, 1.807) is 24.0 Å². The van der Waals surface area contributed by atoms with Gasteiger partial charge in [0, 0.05) is 13.2 Å². The molecule has 108 valence electrons. The fourth-order valence-corrected chi connectivity index (χ4v) is 2.22. The molecule has 0 aliphatic rings. The van der Waals surface area contributed by atoms with Gasteiger partial charge in [0.1, 0.15) is 5.69 Å².